The molecule has 0 aliphatic heterocycles. The average molecular weight is 296 g/mol. The molecular formula is C17H32N2O2. The van der Waals surface area contributed by atoms with Crippen LogP contribution in [0.1, 0.15) is 60.3 Å². The summed E-state index contributed by atoms with van der Waals surface area (Å²) in [5, 5.41) is 2.91. The molecule has 0 aromatic carbocycles. The molecule has 122 valence electrons. The van der Waals surface area contributed by atoms with Gasteiger partial charge in [-0.25, -0.2) is 0 Å². The van der Waals surface area contributed by atoms with Crippen LogP contribution in [0.5, 0.6) is 0 Å². The van der Waals surface area contributed by atoms with Crippen LogP contribution in [-0.4, -0.2) is 41.8 Å². The van der Waals surface area contributed by atoms with Gasteiger partial charge in [0.25, 0.3) is 0 Å². The second-order valence-electron chi connectivity index (χ2n) is 7.16. The third-order valence-corrected chi connectivity index (χ3v) is 4.21. The van der Waals surface area contributed by atoms with E-state index >= 15 is 0 Å². The fourth-order valence-corrected chi connectivity index (χ4v) is 3.22. The smallest absolute Gasteiger partial charge is 0.234 e. The molecule has 1 aliphatic carbocycles. The van der Waals surface area contributed by atoms with Gasteiger partial charge in [-0.05, 0) is 31.6 Å². The zero-order valence-corrected chi connectivity index (χ0v) is 14.3. The van der Waals surface area contributed by atoms with Crippen LogP contribution in [0.4, 0.5) is 0 Å². The van der Waals surface area contributed by atoms with Crippen molar-refractivity contribution in [3.05, 3.63) is 0 Å². The van der Waals surface area contributed by atoms with E-state index in [1.165, 1.54) is 25.7 Å². The molecule has 1 unspecified atom stereocenters. The van der Waals surface area contributed by atoms with Gasteiger partial charge < -0.3 is 5.32 Å². The summed E-state index contributed by atoms with van der Waals surface area (Å²) in [5.41, 5.74) is 0. The van der Waals surface area contributed by atoms with Crippen molar-refractivity contribution in [2.24, 2.45) is 11.8 Å². The van der Waals surface area contributed by atoms with Gasteiger partial charge in [-0.3, -0.25) is 14.5 Å². The maximum absolute atomic E-state index is 12.3. The van der Waals surface area contributed by atoms with E-state index in [0.29, 0.717) is 18.5 Å². The van der Waals surface area contributed by atoms with E-state index in [2.05, 4.69) is 24.1 Å². The number of hydrogen-bond donors (Lipinski definition) is 1. The molecule has 4 nitrogen and oxygen atoms in total. The molecule has 1 N–H and O–H groups in total. The lowest BCUT2D eigenvalue weighted by Gasteiger charge is -2.30. The van der Waals surface area contributed by atoms with Gasteiger partial charge in [0.2, 0.25) is 5.91 Å². The summed E-state index contributed by atoms with van der Waals surface area (Å²) < 4.78 is 0. The summed E-state index contributed by atoms with van der Waals surface area (Å²) >= 11 is 0. The summed E-state index contributed by atoms with van der Waals surface area (Å²) in [4.78, 5) is 26.2. The topological polar surface area (TPSA) is 49.4 Å². The molecule has 0 saturated heterocycles. The first kappa shape index (κ1) is 18.1. The van der Waals surface area contributed by atoms with Gasteiger partial charge in [-0.15, -0.1) is 0 Å². The quantitative estimate of drug-likeness (QED) is 0.749. The minimum absolute atomic E-state index is 0.0172. The van der Waals surface area contributed by atoms with Crippen LogP contribution in [0.3, 0.4) is 0 Å². The first-order chi connectivity index (χ1) is 9.81. The predicted octanol–water partition coefficient (Wildman–Crippen LogP) is 2.62. The van der Waals surface area contributed by atoms with Crippen LogP contribution in [0.25, 0.3) is 0 Å². The highest BCUT2D eigenvalue weighted by atomic mass is 16.2. The summed E-state index contributed by atoms with van der Waals surface area (Å²) in [5.74, 6) is 0.703. The zero-order chi connectivity index (χ0) is 16.0. The molecule has 21 heavy (non-hydrogen) atoms. The summed E-state index contributed by atoms with van der Waals surface area (Å²) in [6, 6.07) is 0.176. The SMILES string of the molecule is CC(=O)C(NC(=O)CN(CC(C)C)C1CCCC1)C(C)C. The molecule has 4 heteroatoms. The van der Waals surface area contributed by atoms with Crippen LogP contribution >= 0.6 is 0 Å². The van der Waals surface area contributed by atoms with Crippen molar-refractivity contribution in [3.8, 4) is 0 Å². The van der Waals surface area contributed by atoms with Crippen molar-refractivity contribution < 1.29 is 9.59 Å². The minimum atomic E-state index is -0.359. The lowest BCUT2D eigenvalue weighted by Crippen LogP contribution is -2.49. The Morgan fingerprint density at radius 1 is 1.14 bits per heavy atom. The molecule has 0 aromatic rings. The van der Waals surface area contributed by atoms with Gasteiger partial charge in [-0.1, -0.05) is 40.5 Å². The number of carbonyl (C=O) groups excluding carboxylic acids is 2. The Bertz CT molecular complexity index is 347. The average Bonchev–Trinajstić information content (AvgIpc) is 2.87. The first-order valence-electron chi connectivity index (χ1n) is 8.35. The van der Waals surface area contributed by atoms with E-state index in [-0.39, 0.29) is 23.7 Å². The molecule has 1 amide bonds. The van der Waals surface area contributed by atoms with E-state index in [1.807, 2.05) is 13.8 Å². The van der Waals surface area contributed by atoms with E-state index in [4.69, 9.17) is 0 Å². The Morgan fingerprint density at radius 2 is 1.71 bits per heavy atom. The van der Waals surface area contributed by atoms with Gasteiger partial charge >= 0.3 is 0 Å². The highest BCUT2D eigenvalue weighted by Gasteiger charge is 2.27. The second kappa shape index (κ2) is 8.52. The molecule has 0 heterocycles. The Morgan fingerprint density at radius 3 is 2.14 bits per heavy atom. The van der Waals surface area contributed by atoms with Gasteiger partial charge in [0, 0.05) is 12.6 Å². The molecule has 1 atom stereocenters. The lowest BCUT2D eigenvalue weighted by atomic mass is 10.0. The van der Waals surface area contributed by atoms with Crippen molar-refractivity contribution in [2.45, 2.75) is 72.4 Å². The maximum Gasteiger partial charge on any atom is 0.234 e. The van der Waals surface area contributed by atoms with Crippen molar-refractivity contribution in [1.82, 2.24) is 10.2 Å². The van der Waals surface area contributed by atoms with E-state index in [9.17, 15) is 9.59 Å². The number of rotatable bonds is 8. The van der Waals surface area contributed by atoms with Gasteiger partial charge in [0.15, 0.2) is 5.78 Å². The third-order valence-electron chi connectivity index (χ3n) is 4.21. The van der Waals surface area contributed by atoms with Gasteiger partial charge in [-0.2, -0.15) is 0 Å². The van der Waals surface area contributed by atoms with Crippen LogP contribution in [-0.2, 0) is 9.59 Å². The highest BCUT2D eigenvalue weighted by Crippen LogP contribution is 2.24. The predicted molar refractivity (Wildman–Crippen MR) is 86.1 cm³/mol. The molecule has 0 bridgehead atoms. The fraction of sp³-hybridized carbons (Fsp3) is 0.882. The number of nitrogens with one attached hydrogen (secondary N) is 1. The largest absolute Gasteiger partial charge is 0.345 e. The standard InChI is InChI=1S/C17H32N2O2/c1-12(2)10-19(15-8-6-7-9-15)11-16(21)18-17(13(3)4)14(5)20/h12-13,15,17H,6-11H2,1-5H3,(H,18,21). The number of Topliss-reactive ketones (excluding diaryl/α,β-unsaturated/α-hetero) is 1. The Kier molecular flexibility index (Phi) is 7.36. The van der Waals surface area contributed by atoms with Gasteiger partial charge in [0.1, 0.15) is 0 Å². The Labute approximate surface area is 129 Å². The fourth-order valence-electron chi connectivity index (χ4n) is 3.22. The van der Waals surface area contributed by atoms with Crippen LogP contribution in [0.2, 0.25) is 0 Å². The normalized spacial score (nSPS) is 17.7. The molecule has 1 aliphatic rings. The van der Waals surface area contributed by atoms with E-state index < -0.39 is 0 Å². The molecule has 0 aromatic heterocycles. The van der Waals surface area contributed by atoms with Crippen LogP contribution in [0.15, 0.2) is 0 Å². The summed E-state index contributed by atoms with van der Waals surface area (Å²) in [6.45, 7) is 11.2. The molecule has 1 rings (SSSR count). The summed E-state index contributed by atoms with van der Waals surface area (Å²) in [7, 11) is 0. The molecule has 1 saturated carbocycles. The minimum Gasteiger partial charge on any atom is -0.345 e. The maximum atomic E-state index is 12.3. The van der Waals surface area contributed by atoms with Gasteiger partial charge in [0.05, 0.1) is 12.6 Å². The van der Waals surface area contributed by atoms with E-state index in [0.717, 1.165) is 6.54 Å². The lowest BCUT2D eigenvalue weighted by molar-refractivity contribution is -0.129. The van der Waals surface area contributed by atoms with Crippen molar-refractivity contribution >= 4 is 11.7 Å². The Balaban J connectivity index is 2.60. The monoisotopic (exact) mass is 296 g/mol. The number of nitrogens with zero attached hydrogens (tertiary/aromatic N) is 1. The van der Waals surface area contributed by atoms with E-state index in [1.54, 1.807) is 6.92 Å². The Hall–Kier alpha value is -0.900. The van der Waals surface area contributed by atoms with Crippen LogP contribution in [0, 0.1) is 11.8 Å². The zero-order valence-electron chi connectivity index (χ0n) is 14.3. The highest BCUT2D eigenvalue weighted by molar-refractivity contribution is 5.88. The number of amides is 1. The van der Waals surface area contributed by atoms with Crippen molar-refractivity contribution in [3.63, 3.8) is 0 Å². The molecular weight excluding hydrogens is 264 g/mol. The third kappa shape index (κ3) is 6.16. The van der Waals surface area contributed by atoms with Crippen molar-refractivity contribution in [2.75, 3.05) is 13.1 Å². The molecule has 1 fully saturated rings. The second-order valence-corrected chi connectivity index (χ2v) is 7.16. The number of ketones is 1. The number of carbonyl (C=O) groups is 2. The number of hydrogen-bond acceptors (Lipinski definition) is 3. The summed E-state index contributed by atoms with van der Waals surface area (Å²) in [6.07, 6.45) is 4.92. The first-order valence-corrected chi connectivity index (χ1v) is 8.35. The van der Waals surface area contributed by atoms with Crippen LogP contribution < -0.4 is 5.32 Å². The van der Waals surface area contributed by atoms with Crippen molar-refractivity contribution in [1.29, 1.82) is 0 Å². The molecule has 0 radical (unpaired) electrons. The molecule has 0 spiro atoms.